The van der Waals surface area contributed by atoms with Gasteiger partial charge < -0.3 is 0 Å². The van der Waals surface area contributed by atoms with Gasteiger partial charge in [-0.3, -0.25) is 4.98 Å². The predicted octanol–water partition coefficient (Wildman–Crippen LogP) is 12.1. The van der Waals surface area contributed by atoms with Gasteiger partial charge in [0.15, 0.2) is 0 Å². The zero-order valence-electron chi connectivity index (χ0n) is 26.9. The minimum atomic E-state index is 0.606. The van der Waals surface area contributed by atoms with Crippen molar-refractivity contribution in [3.8, 4) is 0 Å². The first kappa shape index (κ1) is 34.6. The fourth-order valence-electron chi connectivity index (χ4n) is 6.57. The van der Waals surface area contributed by atoms with E-state index in [-0.39, 0.29) is 0 Å². The Morgan fingerprint density at radius 2 is 1.00 bits per heavy atom. The number of hydrogen-bond acceptors (Lipinski definition) is 0. The molecule has 0 saturated heterocycles. The number of aromatic amines is 1. The topological polar surface area (TPSA) is 19.7 Å². The minimum Gasteiger partial charge on any atom is -0.250 e. The highest BCUT2D eigenvalue weighted by molar-refractivity contribution is 5.15. The third kappa shape index (κ3) is 17.3. The molecule has 2 atom stereocenters. The first-order chi connectivity index (χ1) is 19.8. The van der Waals surface area contributed by atoms with Crippen LogP contribution in [-0.4, -0.2) is 4.98 Å². The fraction of sp³-hybridized carbons (Fsp3) is 0.763. The number of imidazole rings is 1. The Morgan fingerprint density at radius 3 is 1.45 bits per heavy atom. The van der Waals surface area contributed by atoms with Gasteiger partial charge in [0.2, 0.25) is 6.33 Å². The number of rotatable bonds is 28. The molecular weight excluding hydrogens is 484 g/mol. The monoisotopic (exact) mass is 552 g/mol. The van der Waals surface area contributed by atoms with Crippen molar-refractivity contribution in [3.63, 3.8) is 0 Å². The van der Waals surface area contributed by atoms with Gasteiger partial charge in [-0.2, -0.15) is 0 Å². The van der Waals surface area contributed by atoms with E-state index in [1.807, 2.05) is 0 Å². The zero-order chi connectivity index (χ0) is 28.4. The van der Waals surface area contributed by atoms with Gasteiger partial charge in [-0.15, -0.1) is 0 Å². The number of H-pyrrole nitrogens is 1. The lowest BCUT2D eigenvalue weighted by atomic mass is 9.84. The molecule has 2 unspecified atom stereocenters. The van der Waals surface area contributed by atoms with Crippen LogP contribution in [0.4, 0.5) is 0 Å². The van der Waals surface area contributed by atoms with Gasteiger partial charge in [-0.25, -0.2) is 4.57 Å². The maximum absolute atomic E-state index is 3.33. The van der Waals surface area contributed by atoms with E-state index in [4.69, 9.17) is 0 Å². The Balaban J connectivity index is 1.62. The summed E-state index contributed by atoms with van der Waals surface area (Å²) in [7, 11) is 0. The molecule has 0 aliphatic heterocycles. The molecule has 2 aromatic rings. The molecular formula is C38H67N2+. The highest BCUT2D eigenvalue weighted by Crippen LogP contribution is 2.29. The van der Waals surface area contributed by atoms with E-state index in [1.54, 1.807) is 0 Å². The fourth-order valence-corrected chi connectivity index (χ4v) is 6.57. The molecule has 1 N–H and O–H groups in total. The van der Waals surface area contributed by atoms with E-state index in [9.17, 15) is 0 Å². The molecule has 0 amide bonds. The number of benzene rings is 1. The molecule has 0 radical (unpaired) electrons. The van der Waals surface area contributed by atoms with Gasteiger partial charge in [-0.1, -0.05) is 179 Å². The number of unbranched alkanes of at least 4 members (excludes halogenated alkanes) is 20. The average Bonchev–Trinajstić information content (AvgIpc) is 3.51. The molecule has 1 aromatic carbocycles. The first-order valence-electron chi connectivity index (χ1n) is 17.9. The lowest BCUT2D eigenvalue weighted by Gasteiger charge is -2.25. The molecule has 2 heteroatoms. The lowest BCUT2D eigenvalue weighted by Crippen LogP contribution is -2.42. The Bertz CT molecular complexity index is 753. The Morgan fingerprint density at radius 1 is 0.550 bits per heavy atom. The van der Waals surface area contributed by atoms with Crippen LogP contribution in [-0.2, 0) is 6.42 Å². The maximum Gasteiger partial charge on any atom is 0.241 e. The van der Waals surface area contributed by atoms with E-state index in [2.05, 4.69) is 72.5 Å². The standard InChI is InChI=1S/C38H66N2/c1-3-5-7-9-10-11-12-13-14-15-16-17-18-19-20-22-27-31-38(40-33-32-39-35-40)37(30-26-21-8-6-4-2)34-36-28-24-23-25-29-36/h23-25,28-29,32-33,35,37-38H,3-22,26-27,30-31,34H2,1-2H3/p+1. The van der Waals surface area contributed by atoms with Crippen LogP contribution in [0.25, 0.3) is 0 Å². The second-order valence-electron chi connectivity index (χ2n) is 12.7. The number of nitrogens with zero attached hydrogens (tertiary/aromatic N) is 1. The summed E-state index contributed by atoms with van der Waals surface area (Å²) in [5.41, 5.74) is 1.50. The van der Waals surface area contributed by atoms with Crippen LogP contribution in [0.2, 0.25) is 0 Å². The largest absolute Gasteiger partial charge is 0.250 e. The highest BCUT2D eigenvalue weighted by Gasteiger charge is 2.26. The maximum atomic E-state index is 3.33. The number of aromatic nitrogens is 2. The predicted molar refractivity (Wildman–Crippen MR) is 176 cm³/mol. The molecule has 1 aromatic heterocycles. The van der Waals surface area contributed by atoms with Crippen molar-refractivity contribution in [3.05, 3.63) is 54.6 Å². The summed E-state index contributed by atoms with van der Waals surface area (Å²) in [6.07, 6.45) is 41.8. The summed E-state index contributed by atoms with van der Waals surface area (Å²) in [6, 6.07) is 11.8. The van der Waals surface area contributed by atoms with Crippen molar-refractivity contribution in [2.75, 3.05) is 0 Å². The van der Waals surface area contributed by atoms with Crippen molar-refractivity contribution in [1.29, 1.82) is 0 Å². The second-order valence-corrected chi connectivity index (χ2v) is 12.7. The molecule has 2 rings (SSSR count). The molecule has 0 saturated carbocycles. The molecule has 0 aliphatic rings. The van der Waals surface area contributed by atoms with Crippen molar-refractivity contribution in [1.82, 2.24) is 4.98 Å². The van der Waals surface area contributed by atoms with Crippen molar-refractivity contribution < 1.29 is 4.57 Å². The molecule has 0 bridgehead atoms. The van der Waals surface area contributed by atoms with Gasteiger partial charge in [0.1, 0.15) is 18.4 Å². The van der Waals surface area contributed by atoms with E-state index in [1.165, 1.54) is 166 Å². The third-order valence-corrected chi connectivity index (χ3v) is 9.12. The summed E-state index contributed by atoms with van der Waals surface area (Å²) >= 11 is 0. The SMILES string of the molecule is CCCCCCCCCCCCCCCCCCCC(C(CCCCCCC)Cc1ccccc1)[n+]1cc[nH]c1. The summed E-state index contributed by atoms with van der Waals surface area (Å²) < 4.78 is 2.49. The van der Waals surface area contributed by atoms with Crippen LogP contribution < -0.4 is 4.57 Å². The van der Waals surface area contributed by atoms with Gasteiger partial charge >= 0.3 is 0 Å². The van der Waals surface area contributed by atoms with E-state index < -0.39 is 0 Å². The smallest absolute Gasteiger partial charge is 0.241 e. The third-order valence-electron chi connectivity index (χ3n) is 9.12. The lowest BCUT2D eigenvalue weighted by molar-refractivity contribution is -0.730. The molecule has 1 heterocycles. The molecule has 0 spiro atoms. The van der Waals surface area contributed by atoms with Gasteiger partial charge in [0.05, 0.1) is 0 Å². The first-order valence-corrected chi connectivity index (χ1v) is 17.9. The normalized spacial score (nSPS) is 13.1. The highest BCUT2D eigenvalue weighted by atomic mass is 15.1. The Kier molecular flexibility index (Phi) is 21.8. The number of nitrogens with one attached hydrogen (secondary N) is 1. The molecule has 0 fully saturated rings. The van der Waals surface area contributed by atoms with Crippen LogP contribution in [0, 0.1) is 5.92 Å². The summed E-state index contributed by atoms with van der Waals surface area (Å²) in [5.74, 6) is 0.714. The van der Waals surface area contributed by atoms with Crippen molar-refractivity contribution in [2.24, 2.45) is 5.92 Å². The number of hydrogen-bond donors (Lipinski definition) is 1. The molecule has 228 valence electrons. The Labute approximate surface area is 250 Å². The molecule has 0 aliphatic carbocycles. The van der Waals surface area contributed by atoms with Gasteiger partial charge in [-0.05, 0) is 31.2 Å². The summed E-state index contributed by atoms with van der Waals surface area (Å²) in [4.78, 5) is 3.33. The Hall–Kier alpha value is -1.57. The summed E-state index contributed by atoms with van der Waals surface area (Å²) in [6.45, 7) is 4.62. The summed E-state index contributed by atoms with van der Waals surface area (Å²) in [5, 5.41) is 0. The molecule has 40 heavy (non-hydrogen) atoms. The van der Waals surface area contributed by atoms with Crippen LogP contribution in [0.1, 0.15) is 180 Å². The van der Waals surface area contributed by atoms with Crippen molar-refractivity contribution in [2.45, 2.75) is 180 Å². The van der Waals surface area contributed by atoms with Crippen LogP contribution >= 0.6 is 0 Å². The molecule has 2 nitrogen and oxygen atoms in total. The van der Waals surface area contributed by atoms with Gasteiger partial charge in [0.25, 0.3) is 0 Å². The van der Waals surface area contributed by atoms with E-state index in [0.29, 0.717) is 12.0 Å². The van der Waals surface area contributed by atoms with E-state index >= 15 is 0 Å². The second kappa shape index (κ2) is 25.2. The minimum absolute atomic E-state index is 0.606. The quantitative estimate of drug-likeness (QED) is 0.0801. The zero-order valence-corrected chi connectivity index (χ0v) is 26.9. The van der Waals surface area contributed by atoms with Crippen LogP contribution in [0.3, 0.4) is 0 Å². The van der Waals surface area contributed by atoms with Crippen LogP contribution in [0.15, 0.2) is 49.1 Å². The van der Waals surface area contributed by atoms with Crippen molar-refractivity contribution >= 4 is 0 Å². The average molecular weight is 552 g/mol. The van der Waals surface area contributed by atoms with Crippen LogP contribution in [0.5, 0.6) is 0 Å². The van der Waals surface area contributed by atoms with E-state index in [0.717, 1.165) is 0 Å². The van der Waals surface area contributed by atoms with Gasteiger partial charge in [0, 0.05) is 5.92 Å².